The standard InChI is InChI=1S/C12H19N3O/c1-9-5-4-6-15(8-9)12(16)11-7-10(2)14(3)13-11/h7,9H,4-6,8H2,1-3H3/t9-/m1/s1. The van der Waals surface area contributed by atoms with Gasteiger partial charge in [0.25, 0.3) is 5.91 Å². The Balaban J connectivity index is 2.12. The molecule has 1 aromatic heterocycles. The number of amides is 1. The first-order valence-corrected chi connectivity index (χ1v) is 5.88. The molecule has 0 N–H and O–H groups in total. The highest BCUT2D eigenvalue weighted by Crippen LogP contribution is 2.17. The van der Waals surface area contributed by atoms with Gasteiger partial charge in [0.2, 0.25) is 0 Å². The maximum Gasteiger partial charge on any atom is 0.274 e. The van der Waals surface area contributed by atoms with Crippen molar-refractivity contribution in [3.05, 3.63) is 17.5 Å². The fraction of sp³-hybridized carbons (Fsp3) is 0.667. The second-order valence-electron chi connectivity index (χ2n) is 4.79. The van der Waals surface area contributed by atoms with Gasteiger partial charge in [-0.15, -0.1) is 0 Å². The zero-order valence-electron chi connectivity index (χ0n) is 10.2. The predicted molar refractivity (Wildman–Crippen MR) is 62.2 cm³/mol. The van der Waals surface area contributed by atoms with Crippen molar-refractivity contribution >= 4 is 5.91 Å². The number of piperidine rings is 1. The lowest BCUT2D eigenvalue weighted by molar-refractivity contribution is 0.0676. The maximum atomic E-state index is 12.2. The molecule has 1 aliphatic heterocycles. The van der Waals surface area contributed by atoms with Gasteiger partial charge < -0.3 is 4.90 Å². The summed E-state index contributed by atoms with van der Waals surface area (Å²) in [6.45, 7) is 5.90. The molecule has 88 valence electrons. The van der Waals surface area contributed by atoms with Crippen LogP contribution >= 0.6 is 0 Å². The Morgan fingerprint density at radius 3 is 2.88 bits per heavy atom. The number of aryl methyl sites for hydroxylation is 2. The average Bonchev–Trinajstić information content (AvgIpc) is 2.58. The van der Waals surface area contributed by atoms with Crippen LogP contribution in [0.4, 0.5) is 0 Å². The lowest BCUT2D eigenvalue weighted by Crippen LogP contribution is -2.39. The number of likely N-dealkylation sites (tertiary alicyclic amines) is 1. The molecule has 0 spiro atoms. The summed E-state index contributed by atoms with van der Waals surface area (Å²) in [5.74, 6) is 0.692. The summed E-state index contributed by atoms with van der Waals surface area (Å²) in [5.41, 5.74) is 1.60. The Kier molecular flexibility index (Phi) is 2.99. The Labute approximate surface area is 96.2 Å². The van der Waals surface area contributed by atoms with Gasteiger partial charge in [0, 0.05) is 25.8 Å². The van der Waals surface area contributed by atoms with Crippen LogP contribution in [-0.2, 0) is 7.05 Å². The van der Waals surface area contributed by atoms with Crippen molar-refractivity contribution < 1.29 is 4.79 Å². The molecular formula is C12H19N3O. The number of nitrogens with zero attached hydrogens (tertiary/aromatic N) is 3. The van der Waals surface area contributed by atoms with Crippen molar-refractivity contribution in [2.24, 2.45) is 13.0 Å². The molecule has 2 heterocycles. The molecule has 0 aliphatic carbocycles. The Morgan fingerprint density at radius 2 is 2.31 bits per heavy atom. The van der Waals surface area contributed by atoms with E-state index in [1.807, 2.05) is 24.9 Å². The number of carbonyl (C=O) groups excluding carboxylic acids is 1. The Bertz CT molecular complexity index is 377. The highest BCUT2D eigenvalue weighted by Gasteiger charge is 2.23. The number of hydrogen-bond donors (Lipinski definition) is 0. The third-order valence-corrected chi connectivity index (χ3v) is 3.28. The van der Waals surface area contributed by atoms with E-state index in [1.165, 1.54) is 6.42 Å². The van der Waals surface area contributed by atoms with Crippen LogP contribution in [-0.4, -0.2) is 33.7 Å². The van der Waals surface area contributed by atoms with Crippen LogP contribution in [0.3, 0.4) is 0 Å². The zero-order chi connectivity index (χ0) is 11.7. The fourth-order valence-electron chi connectivity index (χ4n) is 2.20. The normalized spacial score (nSPS) is 21.2. The van der Waals surface area contributed by atoms with Gasteiger partial charge in [0.1, 0.15) is 0 Å². The highest BCUT2D eigenvalue weighted by molar-refractivity contribution is 5.92. The maximum absolute atomic E-state index is 12.2. The first-order chi connectivity index (χ1) is 7.58. The summed E-state index contributed by atoms with van der Waals surface area (Å²) in [5, 5.41) is 4.24. The molecule has 4 nitrogen and oxygen atoms in total. The number of hydrogen-bond acceptors (Lipinski definition) is 2. The van der Waals surface area contributed by atoms with Crippen molar-refractivity contribution in [2.75, 3.05) is 13.1 Å². The number of carbonyl (C=O) groups is 1. The van der Waals surface area contributed by atoms with Gasteiger partial charge in [-0.1, -0.05) is 6.92 Å². The van der Waals surface area contributed by atoms with Crippen LogP contribution in [0.1, 0.15) is 35.9 Å². The van der Waals surface area contributed by atoms with E-state index in [0.29, 0.717) is 11.6 Å². The van der Waals surface area contributed by atoms with Gasteiger partial charge in [-0.25, -0.2) is 0 Å². The van der Waals surface area contributed by atoms with E-state index in [2.05, 4.69) is 12.0 Å². The van der Waals surface area contributed by atoms with E-state index in [-0.39, 0.29) is 5.91 Å². The van der Waals surface area contributed by atoms with E-state index in [9.17, 15) is 4.79 Å². The average molecular weight is 221 g/mol. The zero-order valence-corrected chi connectivity index (χ0v) is 10.2. The van der Waals surface area contributed by atoms with E-state index in [4.69, 9.17) is 0 Å². The summed E-state index contributed by atoms with van der Waals surface area (Å²) in [6.07, 6.45) is 2.34. The summed E-state index contributed by atoms with van der Waals surface area (Å²) in [6, 6.07) is 1.86. The molecule has 0 bridgehead atoms. The van der Waals surface area contributed by atoms with E-state index in [0.717, 1.165) is 25.2 Å². The third kappa shape index (κ3) is 2.10. The van der Waals surface area contributed by atoms with Crippen molar-refractivity contribution in [3.8, 4) is 0 Å². The van der Waals surface area contributed by atoms with E-state index >= 15 is 0 Å². The molecule has 0 radical (unpaired) electrons. The van der Waals surface area contributed by atoms with Crippen LogP contribution < -0.4 is 0 Å². The molecule has 1 aliphatic rings. The van der Waals surface area contributed by atoms with Gasteiger partial charge in [0.15, 0.2) is 5.69 Å². The first kappa shape index (κ1) is 11.2. The molecule has 2 rings (SSSR count). The number of aromatic nitrogens is 2. The quantitative estimate of drug-likeness (QED) is 0.722. The van der Waals surface area contributed by atoms with Gasteiger partial charge >= 0.3 is 0 Å². The fourth-order valence-corrected chi connectivity index (χ4v) is 2.20. The molecule has 1 fully saturated rings. The van der Waals surface area contributed by atoms with Crippen LogP contribution in [0.2, 0.25) is 0 Å². The van der Waals surface area contributed by atoms with Gasteiger partial charge in [-0.05, 0) is 31.7 Å². The van der Waals surface area contributed by atoms with Crippen LogP contribution in [0, 0.1) is 12.8 Å². The van der Waals surface area contributed by atoms with Crippen molar-refractivity contribution in [2.45, 2.75) is 26.7 Å². The minimum absolute atomic E-state index is 0.0789. The third-order valence-electron chi connectivity index (χ3n) is 3.28. The lowest BCUT2D eigenvalue weighted by atomic mass is 10.00. The monoisotopic (exact) mass is 221 g/mol. The van der Waals surface area contributed by atoms with Gasteiger partial charge in [-0.3, -0.25) is 9.48 Å². The molecule has 1 amide bonds. The summed E-state index contributed by atoms with van der Waals surface area (Å²) in [7, 11) is 1.87. The predicted octanol–water partition coefficient (Wildman–Crippen LogP) is 1.60. The summed E-state index contributed by atoms with van der Waals surface area (Å²) >= 11 is 0. The molecule has 1 atom stereocenters. The Hall–Kier alpha value is -1.32. The molecule has 0 saturated carbocycles. The smallest absolute Gasteiger partial charge is 0.274 e. The largest absolute Gasteiger partial charge is 0.337 e. The first-order valence-electron chi connectivity index (χ1n) is 5.88. The van der Waals surface area contributed by atoms with Crippen molar-refractivity contribution in [1.29, 1.82) is 0 Å². The number of rotatable bonds is 1. The summed E-state index contributed by atoms with van der Waals surface area (Å²) < 4.78 is 1.75. The van der Waals surface area contributed by atoms with Crippen molar-refractivity contribution in [1.82, 2.24) is 14.7 Å². The second kappa shape index (κ2) is 4.28. The molecule has 0 aromatic carbocycles. The Morgan fingerprint density at radius 1 is 1.56 bits per heavy atom. The highest BCUT2D eigenvalue weighted by atomic mass is 16.2. The molecule has 1 aromatic rings. The molecule has 4 heteroatoms. The van der Waals surface area contributed by atoms with E-state index in [1.54, 1.807) is 4.68 Å². The lowest BCUT2D eigenvalue weighted by Gasteiger charge is -2.30. The summed E-state index contributed by atoms with van der Waals surface area (Å²) in [4.78, 5) is 14.1. The topological polar surface area (TPSA) is 38.1 Å². The molecule has 1 saturated heterocycles. The van der Waals surface area contributed by atoms with Crippen molar-refractivity contribution in [3.63, 3.8) is 0 Å². The van der Waals surface area contributed by atoms with Gasteiger partial charge in [0.05, 0.1) is 0 Å². The second-order valence-corrected chi connectivity index (χ2v) is 4.79. The molecule has 16 heavy (non-hydrogen) atoms. The minimum atomic E-state index is 0.0789. The van der Waals surface area contributed by atoms with Crippen LogP contribution in [0.25, 0.3) is 0 Å². The molecule has 0 unspecified atom stereocenters. The van der Waals surface area contributed by atoms with E-state index < -0.39 is 0 Å². The van der Waals surface area contributed by atoms with Crippen LogP contribution in [0.15, 0.2) is 6.07 Å². The molecular weight excluding hydrogens is 202 g/mol. The minimum Gasteiger partial charge on any atom is -0.337 e. The van der Waals surface area contributed by atoms with Gasteiger partial charge in [-0.2, -0.15) is 5.10 Å². The van der Waals surface area contributed by atoms with Crippen LogP contribution in [0.5, 0.6) is 0 Å². The SMILES string of the molecule is Cc1cc(C(=O)N2CCC[C@@H](C)C2)nn1C.